The maximum absolute atomic E-state index is 6.74. The van der Waals surface area contributed by atoms with Crippen LogP contribution in [0.25, 0.3) is 123 Å². The van der Waals surface area contributed by atoms with E-state index in [1.54, 1.807) is 0 Å². The molecule has 3 aliphatic heterocycles. The number of fused-ring (bicyclic) bond motifs is 2. The van der Waals surface area contributed by atoms with Crippen molar-refractivity contribution in [3.05, 3.63) is 158 Å². The molecule has 0 aliphatic carbocycles. The fraction of sp³-hybridized carbons (Fsp3) is 0.0400. The molecule has 11 heterocycles. The molecule has 0 saturated heterocycles. The molecular formula is C50H30N10O2. The Hall–Kier alpha value is -8.64. The summed E-state index contributed by atoms with van der Waals surface area (Å²) in [5.74, 6) is 0. The van der Waals surface area contributed by atoms with Crippen molar-refractivity contribution in [1.29, 1.82) is 0 Å². The molecule has 0 saturated carbocycles. The average molecular weight is 803 g/mol. The van der Waals surface area contributed by atoms with Crippen molar-refractivity contribution in [3.63, 3.8) is 0 Å². The molecule has 62 heavy (non-hydrogen) atoms. The largest absolute Gasteiger partial charge is 0.423 e. The number of nitrogens with zero attached hydrogens (tertiary/aromatic N) is 10. The molecule has 0 fully saturated rings. The summed E-state index contributed by atoms with van der Waals surface area (Å²) in [6.45, 7) is 4.09. The van der Waals surface area contributed by atoms with Crippen LogP contribution < -0.4 is 0 Å². The number of imidazole rings is 2. The number of oxazole rings is 2. The first kappa shape index (κ1) is 32.2. The van der Waals surface area contributed by atoms with E-state index in [4.69, 9.17) is 28.8 Å². The molecule has 0 amide bonds. The molecule has 8 aromatic heterocycles. The maximum atomic E-state index is 6.74. The molecular weight excluding hydrogens is 773 g/mol. The van der Waals surface area contributed by atoms with Crippen LogP contribution in [0.2, 0.25) is 0 Å². The van der Waals surface area contributed by atoms with Crippen LogP contribution in [0.5, 0.6) is 0 Å². The second kappa shape index (κ2) is 11.1. The van der Waals surface area contributed by atoms with Gasteiger partial charge in [-0.05, 0) is 110 Å². The van der Waals surface area contributed by atoms with Crippen molar-refractivity contribution in [1.82, 2.24) is 47.3 Å². The van der Waals surface area contributed by atoms with Gasteiger partial charge in [0.05, 0.1) is 33.1 Å². The quantitative estimate of drug-likeness (QED) is 0.151. The van der Waals surface area contributed by atoms with Gasteiger partial charge in [0, 0.05) is 69.1 Å². The number of aryl methyl sites for hydroxylation is 2. The minimum Gasteiger partial charge on any atom is -0.423 e. The average Bonchev–Trinajstić information content (AvgIpc) is 4.13. The predicted octanol–water partition coefficient (Wildman–Crippen LogP) is 11.4. The summed E-state index contributed by atoms with van der Waals surface area (Å²) in [7, 11) is 0. The van der Waals surface area contributed by atoms with Crippen LogP contribution >= 0.6 is 0 Å². The SMILES string of the molecule is Cc1cc2ncn3c2c2nc(oc12)-n1ccc2ccc4ccn(c4c21)-c1nc2c(o1)c(C)cc1ncn(c12)-c1ccc(cc1)-n1ccc2ccc4ccn(c4c21)-c1ccc-3cc1. The van der Waals surface area contributed by atoms with E-state index in [0.717, 1.165) is 111 Å². The molecule has 0 unspecified atom stereocenters. The lowest BCUT2D eigenvalue weighted by molar-refractivity contribution is 0.564. The Morgan fingerprint density at radius 2 is 0.710 bits per heavy atom. The van der Waals surface area contributed by atoms with Gasteiger partial charge in [-0.3, -0.25) is 18.3 Å². The molecule has 8 bridgehead atoms. The zero-order valence-electron chi connectivity index (χ0n) is 33.1. The fourth-order valence-electron chi connectivity index (χ4n) is 10.0. The summed E-state index contributed by atoms with van der Waals surface area (Å²) in [6, 6.07) is 39.5. The molecule has 14 aromatic rings. The highest BCUT2D eigenvalue weighted by atomic mass is 16.4. The molecule has 12 nitrogen and oxygen atoms in total. The van der Waals surface area contributed by atoms with E-state index in [2.05, 4.69) is 140 Å². The Bertz CT molecular complexity index is 3960. The van der Waals surface area contributed by atoms with E-state index >= 15 is 0 Å². The second-order valence-electron chi connectivity index (χ2n) is 16.4. The smallest absolute Gasteiger partial charge is 0.307 e. The van der Waals surface area contributed by atoms with Crippen molar-refractivity contribution in [2.24, 2.45) is 0 Å². The van der Waals surface area contributed by atoms with Crippen molar-refractivity contribution in [3.8, 4) is 34.8 Å². The topological polar surface area (TPSA) is 107 Å². The van der Waals surface area contributed by atoms with Crippen LogP contribution in [0.15, 0.2) is 155 Å². The third-order valence-corrected chi connectivity index (χ3v) is 12.9. The van der Waals surface area contributed by atoms with Gasteiger partial charge < -0.3 is 18.0 Å². The van der Waals surface area contributed by atoms with Gasteiger partial charge in [-0.15, -0.1) is 0 Å². The van der Waals surface area contributed by atoms with Gasteiger partial charge in [0.2, 0.25) is 0 Å². The van der Waals surface area contributed by atoms with E-state index in [1.807, 2.05) is 48.0 Å². The Balaban J connectivity index is 1.04. The fourth-order valence-corrected chi connectivity index (χ4v) is 10.0. The first-order valence-corrected chi connectivity index (χ1v) is 20.5. The third kappa shape index (κ3) is 4.05. The van der Waals surface area contributed by atoms with Gasteiger partial charge in [-0.25, -0.2) is 9.97 Å². The van der Waals surface area contributed by atoms with E-state index in [1.165, 1.54) is 0 Å². The first-order valence-electron chi connectivity index (χ1n) is 20.5. The normalized spacial score (nSPS) is 12.7. The summed E-state index contributed by atoms with van der Waals surface area (Å²) in [6.07, 6.45) is 12.1. The highest BCUT2D eigenvalue weighted by Gasteiger charge is 2.24. The predicted molar refractivity (Wildman–Crippen MR) is 241 cm³/mol. The standard InChI is InChI=1S/C50H30N10O2/c1-27-23-37-45-39-47(27)61-49(53-39)57-21-17-31-5-6-32-18-22-58(44(32)43(31)57)50-54-40-46-38(24-28(2)48(40)62-50)52-26-60(46)36-13-9-34(10-14-36)56-20-16-30-4-3-29-15-19-55(41(29)42(30)56)33-7-11-35(12-8-33)59(45)25-51-37/h3-26H,1-2H3. The Kier molecular flexibility index (Phi) is 5.79. The molecule has 17 rings (SSSR count). The van der Waals surface area contributed by atoms with Crippen LogP contribution in [0.3, 0.4) is 0 Å². The van der Waals surface area contributed by atoms with E-state index in [-0.39, 0.29) is 0 Å². The summed E-state index contributed by atoms with van der Waals surface area (Å²) in [5, 5.41) is 4.37. The van der Waals surface area contributed by atoms with Gasteiger partial charge in [0.25, 0.3) is 0 Å². The molecule has 6 aromatic carbocycles. The van der Waals surface area contributed by atoms with Crippen molar-refractivity contribution < 1.29 is 8.83 Å². The minimum absolute atomic E-state index is 0.455. The highest BCUT2D eigenvalue weighted by Crippen LogP contribution is 2.38. The van der Waals surface area contributed by atoms with Crippen molar-refractivity contribution >= 4 is 87.9 Å². The van der Waals surface area contributed by atoms with Gasteiger partial charge in [-0.1, -0.05) is 24.3 Å². The summed E-state index contributed by atoms with van der Waals surface area (Å²) < 4.78 is 26.3. The molecule has 12 heteroatoms. The van der Waals surface area contributed by atoms with E-state index < -0.39 is 0 Å². The molecule has 292 valence electrons. The van der Waals surface area contributed by atoms with Gasteiger partial charge >= 0.3 is 12.0 Å². The lowest BCUT2D eigenvalue weighted by Crippen LogP contribution is -1.99. The summed E-state index contributed by atoms with van der Waals surface area (Å²) >= 11 is 0. The van der Waals surface area contributed by atoms with Crippen LogP contribution in [-0.4, -0.2) is 47.3 Å². The maximum Gasteiger partial charge on any atom is 0.307 e. The number of aromatic nitrogens is 10. The van der Waals surface area contributed by atoms with Crippen LogP contribution in [-0.2, 0) is 0 Å². The van der Waals surface area contributed by atoms with E-state index in [9.17, 15) is 0 Å². The summed E-state index contributed by atoms with van der Waals surface area (Å²) in [5.41, 5.74) is 16.4. The Labute approximate surface area is 349 Å². The molecule has 0 radical (unpaired) electrons. The minimum atomic E-state index is 0.455. The first-order chi connectivity index (χ1) is 30.5. The molecule has 0 atom stereocenters. The monoisotopic (exact) mass is 802 g/mol. The van der Waals surface area contributed by atoms with Crippen LogP contribution in [0, 0.1) is 13.8 Å². The van der Waals surface area contributed by atoms with Crippen LogP contribution in [0.1, 0.15) is 11.1 Å². The number of rotatable bonds is 0. The van der Waals surface area contributed by atoms with Crippen molar-refractivity contribution in [2.75, 3.05) is 0 Å². The molecule has 0 N–H and O–H groups in total. The highest BCUT2D eigenvalue weighted by molar-refractivity contribution is 6.08. The van der Waals surface area contributed by atoms with Gasteiger partial charge in [0.1, 0.15) is 34.7 Å². The third-order valence-electron chi connectivity index (χ3n) is 12.9. The Morgan fingerprint density at radius 1 is 0.371 bits per heavy atom. The number of hydrogen-bond donors (Lipinski definition) is 0. The van der Waals surface area contributed by atoms with Crippen molar-refractivity contribution in [2.45, 2.75) is 13.8 Å². The molecule has 0 spiro atoms. The zero-order chi connectivity index (χ0) is 40.5. The second-order valence-corrected chi connectivity index (χ2v) is 16.4. The van der Waals surface area contributed by atoms with E-state index in [0.29, 0.717) is 23.2 Å². The lowest BCUT2D eigenvalue weighted by atomic mass is 10.1. The molecule has 3 aliphatic rings. The van der Waals surface area contributed by atoms with Gasteiger partial charge in [0.15, 0.2) is 11.2 Å². The number of hydrogen-bond acceptors (Lipinski definition) is 6. The Morgan fingerprint density at radius 3 is 1.10 bits per heavy atom. The lowest BCUT2D eigenvalue weighted by Gasteiger charge is -2.13. The van der Waals surface area contributed by atoms with Crippen LogP contribution in [0.4, 0.5) is 0 Å². The summed E-state index contributed by atoms with van der Waals surface area (Å²) in [4.78, 5) is 20.2. The van der Waals surface area contributed by atoms with Gasteiger partial charge in [-0.2, -0.15) is 9.97 Å². The number of benzene rings is 6. The zero-order valence-corrected chi connectivity index (χ0v) is 33.1.